The van der Waals surface area contributed by atoms with Crippen molar-refractivity contribution in [3.63, 3.8) is 0 Å². The fourth-order valence-electron chi connectivity index (χ4n) is 3.13. The number of benzene rings is 3. The lowest BCUT2D eigenvalue weighted by Gasteiger charge is -2.09. The zero-order valence-corrected chi connectivity index (χ0v) is 21.2. The fourth-order valence-corrected chi connectivity index (χ4v) is 5.31. The van der Waals surface area contributed by atoms with Gasteiger partial charge in [0.15, 0.2) is 0 Å². The summed E-state index contributed by atoms with van der Waals surface area (Å²) < 4.78 is 34.6. The molecule has 0 aliphatic heterocycles. The van der Waals surface area contributed by atoms with Crippen molar-refractivity contribution in [1.29, 1.82) is 0 Å². The van der Waals surface area contributed by atoms with Crippen LogP contribution in [0.1, 0.15) is 16.8 Å². The summed E-state index contributed by atoms with van der Waals surface area (Å²) in [5.74, 6) is 0.530. The van der Waals surface area contributed by atoms with Crippen LogP contribution >= 0.6 is 34.1 Å². The summed E-state index contributed by atoms with van der Waals surface area (Å²) in [5, 5.41) is 6.90. The Hall–Kier alpha value is -2.70. The van der Waals surface area contributed by atoms with Crippen LogP contribution in [-0.2, 0) is 10.0 Å². The fraction of sp³-hybridized carbons (Fsp3) is 0.130. The molecule has 0 saturated heterocycles. The van der Waals surface area contributed by atoms with E-state index in [2.05, 4.69) is 42.3 Å². The number of rotatable bonds is 9. The van der Waals surface area contributed by atoms with E-state index in [-0.39, 0.29) is 10.8 Å². The number of nitrogens with zero attached hydrogens (tertiary/aromatic N) is 1. The molecule has 10 heteroatoms. The molecular weight excluding hydrogens is 571 g/mol. The van der Waals surface area contributed by atoms with E-state index in [4.69, 9.17) is 0 Å². The molecule has 0 radical (unpaired) electrons. The van der Waals surface area contributed by atoms with Gasteiger partial charge in [0.05, 0.1) is 9.60 Å². The highest BCUT2D eigenvalue weighted by Gasteiger charge is 2.17. The topological polar surface area (TPSA) is 100 Å². The van der Waals surface area contributed by atoms with Gasteiger partial charge in [0.2, 0.25) is 0 Å². The van der Waals surface area contributed by atoms with Gasteiger partial charge in [0, 0.05) is 33.3 Å². The molecule has 0 aliphatic rings. The Morgan fingerprint density at radius 3 is 2.48 bits per heavy atom. The number of hydrogen-bond donors (Lipinski definition) is 3. The number of nitrogens with one attached hydrogen (secondary N) is 3. The van der Waals surface area contributed by atoms with Gasteiger partial charge in [-0.15, -0.1) is 0 Å². The van der Waals surface area contributed by atoms with Crippen molar-refractivity contribution in [1.82, 2.24) is 9.69 Å². The van der Waals surface area contributed by atoms with E-state index >= 15 is 0 Å². The minimum absolute atomic E-state index is 0.105. The quantitative estimate of drug-likeness (QED) is 0.189. The van der Waals surface area contributed by atoms with Crippen LogP contribution < -0.4 is 15.4 Å². The molecule has 4 aromatic rings. The lowest BCUT2D eigenvalue weighted by molar-refractivity contribution is 0.0953. The second-order valence-corrected chi connectivity index (χ2v) is 10.9. The summed E-state index contributed by atoms with van der Waals surface area (Å²) in [4.78, 5) is 12.4. The standard InChI is InChI=1S/C23H21IN4O3S2/c24-17-9-7-16(8-10-17)23(29)26-14-4-13-25-22-20-15-19(11-12-21(20)32-27-22)33(30,31)28-18-5-2-1-3-6-18/h1-3,5-12,15,28H,4,13-14H2,(H,25,27)(H,26,29). The number of carbonyl (C=O) groups excluding carboxylic acids is 1. The number of carbonyl (C=O) groups is 1. The van der Waals surface area contributed by atoms with Gasteiger partial charge in [0.1, 0.15) is 5.82 Å². The summed E-state index contributed by atoms with van der Waals surface area (Å²) in [6.45, 7) is 1.10. The first-order chi connectivity index (χ1) is 15.9. The number of halogens is 1. The van der Waals surface area contributed by atoms with Crippen molar-refractivity contribution in [2.75, 3.05) is 23.1 Å². The normalized spacial score (nSPS) is 11.3. The van der Waals surface area contributed by atoms with Crippen molar-refractivity contribution in [2.24, 2.45) is 0 Å². The SMILES string of the molecule is O=C(NCCCNc1nsc2ccc(S(=O)(=O)Nc3ccccc3)cc12)c1ccc(I)cc1. The highest BCUT2D eigenvalue weighted by Crippen LogP contribution is 2.29. The van der Waals surface area contributed by atoms with Crippen LogP contribution in [0, 0.1) is 3.57 Å². The predicted molar refractivity (Wildman–Crippen MR) is 141 cm³/mol. The van der Waals surface area contributed by atoms with Gasteiger partial charge in [-0.25, -0.2) is 8.42 Å². The Labute approximate surface area is 210 Å². The molecule has 0 fully saturated rings. The van der Waals surface area contributed by atoms with E-state index in [9.17, 15) is 13.2 Å². The molecule has 0 unspecified atom stereocenters. The number of sulfonamides is 1. The first-order valence-corrected chi connectivity index (χ1v) is 13.5. The molecule has 170 valence electrons. The zero-order valence-electron chi connectivity index (χ0n) is 17.4. The molecule has 0 aliphatic carbocycles. The van der Waals surface area contributed by atoms with Crippen LogP contribution in [0.3, 0.4) is 0 Å². The second-order valence-electron chi connectivity index (χ2n) is 7.20. The zero-order chi connectivity index (χ0) is 23.3. The summed E-state index contributed by atoms with van der Waals surface area (Å²) in [6.07, 6.45) is 0.697. The number of hydrogen-bond acceptors (Lipinski definition) is 6. The minimum Gasteiger partial charge on any atom is -0.369 e. The van der Waals surface area contributed by atoms with Gasteiger partial charge in [-0.1, -0.05) is 18.2 Å². The highest BCUT2D eigenvalue weighted by atomic mass is 127. The average Bonchev–Trinajstić information content (AvgIpc) is 3.22. The lowest BCUT2D eigenvalue weighted by Crippen LogP contribution is -2.25. The molecule has 0 bridgehead atoms. The molecule has 3 N–H and O–H groups in total. The molecule has 0 saturated carbocycles. The molecular formula is C23H21IN4O3S2. The third-order valence-electron chi connectivity index (χ3n) is 4.82. The predicted octanol–water partition coefficient (Wildman–Crippen LogP) is 4.93. The number of para-hydroxylation sites is 1. The van der Waals surface area contributed by atoms with E-state index in [1.54, 1.807) is 54.6 Å². The molecule has 0 spiro atoms. The van der Waals surface area contributed by atoms with Crippen molar-refractivity contribution in [3.05, 3.63) is 81.9 Å². The van der Waals surface area contributed by atoms with Crippen molar-refractivity contribution in [2.45, 2.75) is 11.3 Å². The molecule has 33 heavy (non-hydrogen) atoms. The molecule has 1 amide bonds. The third kappa shape index (κ3) is 6.01. The molecule has 4 rings (SSSR count). The van der Waals surface area contributed by atoms with Crippen LogP contribution in [-0.4, -0.2) is 31.8 Å². The molecule has 1 aromatic heterocycles. The first-order valence-electron chi connectivity index (χ1n) is 10.2. The van der Waals surface area contributed by atoms with Crippen molar-refractivity contribution in [3.8, 4) is 0 Å². The Bertz CT molecular complexity index is 1360. The Morgan fingerprint density at radius 2 is 1.73 bits per heavy atom. The van der Waals surface area contributed by atoms with Crippen LogP contribution in [0.15, 0.2) is 77.7 Å². The van der Waals surface area contributed by atoms with Crippen LogP contribution in [0.2, 0.25) is 0 Å². The van der Waals surface area contributed by atoms with E-state index in [0.717, 1.165) is 13.7 Å². The maximum Gasteiger partial charge on any atom is 0.261 e. The van der Waals surface area contributed by atoms with Gasteiger partial charge in [0.25, 0.3) is 15.9 Å². The maximum atomic E-state index is 12.8. The number of fused-ring (bicyclic) bond motifs is 1. The van der Waals surface area contributed by atoms with Gasteiger partial charge >= 0.3 is 0 Å². The number of amides is 1. The van der Waals surface area contributed by atoms with Crippen molar-refractivity contribution >= 4 is 71.6 Å². The van der Waals surface area contributed by atoms with E-state index in [1.807, 2.05) is 18.2 Å². The Kier molecular flexibility index (Phi) is 7.46. The average molecular weight is 592 g/mol. The summed E-state index contributed by atoms with van der Waals surface area (Å²) in [5.41, 5.74) is 1.14. The first kappa shape index (κ1) is 23.5. The minimum atomic E-state index is -3.72. The smallest absolute Gasteiger partial charge is 0.261 e. The van der Waals surface area contributed by atoms with Crippen molar-refractivity contribution < 1.29 is 13.2 Å². The Balaban J connectivity index is 1.35. The largest absolute Gasteiger partial charge is 0.369 e. The van der Waals surface area contributed by atoms with E-state index in [0.29, 0.717) is 36.6 Å². The number of anilines is 2. The van der Waals surface area contributed by atoms with Gasteiger partial charge in [-0.3, -0.25) is 9.52 Å². The Morgan fingerprint density at radius 1 is 0.970 bits per heavy atom. The molecule has 3 aromatic carbocycles. The second kappa shape index (κ2) is 10.5. The molecule has 0 atom stereocenters. The van der Waals surface area contributed by atoms with E-state index in [1.165, 1.54) is 11.5 Å². The van der Waals surface area contributed by atoms with Crippen LogP contribution in [0.25, 0.3) is 10.1 Å². The summed E-state index contributed by atoms with van der Waals surface area (Å²) in [7, 11) is -3.72. The van der Waals surface area contributed by atoms with Gasteiger partial charge in [-0.2, -0.15) is 4.37 Å². The van der Waals surface area contributed by atoms with Crippen LogP contribution in [0.4, 0.5) is 11.5 Å². The maximum absolute atomic E-state index is 12.8. The highest BCUT2D eigenvalue weighted by molar-refractivity contribution is 14.1. The van der Waals surface area contributed by atoms with E-state index < -0.39 is 10.0 Å². The number of aromatic nitrogens is 1. The summed E-state index contributed by atoms with van der Waals surface area (Å²) >= 11 is 3.51. The lowest BCUT2D eigenvalue weighted by atomic mass is 10.2. The monoisotopic (exact) mass is 592 g/mol. The van der Waals surface area contributed by atoms with Gasteiger partial charge in [-0.05, 0) is 95.1 Å². The van der Waals surface area contributed by atoms with Gasteiger partial charge < -0.3 is 10.6 Å². The van der Waals surface area contributed by atoms with Crippen LogP contribution in [0.5, 0.6) is 0 Å². The molecule has 7 nitrogen and oxygen atoms in total. The third-order valence-corrected chi connectivity index (χ3v) is 7.74. The molecule has 1 heterocycles. The summed E-state index contributed by atoms with van der Waals surface area (Å²) in [6, 6.07) is 21.1.